The average molecular weight is 1200 g/mol. The second-order valence-electron chi connectivity index (χ2n) is 23.9. The van der Waals surface area contributed by atoms with Crippen LogP contribution >= 0.6 is 45.3 Å². The Morgan fingerprint density at radius 1 is 0.345 bits per heavy atom. The molecule has 0 radical (unpaired) electrons. The van der Waals surface area contributed by atoms with Gasteiger partial charge in [0.25, 0.3) is 0 Å². The molecule has 422 valence electrons. The van der Waals surface area contributed by atoms with Crippen molar-refractivity contribution >= 4 is 182 Å². The highest BCUT2D eigenvalue weighted by Gasteiger charge is 2.33. The highest BCUT2D eigenvalue weighted by Crippen LogP contribution is 2.58. The molecule has 0 aliphatic heterocycles. The van der Waals surface area contributed by atoms with Gasteiger partial charge in [0.2, 0.25) is 0 Å². The van der Waals surface area contributed by atoms with Crippen molar-refractivity contribution in [1.29, 1.82) is 0 Å². The summed E-state index contributed by atoms with van der Waals surface area (Å²) in [5.41, 5.74) is 10.4. The van der Waals surface area contributed by atoms with Crippen LogP contribution in [0.3, 0.4) is 0 Å². The number of fused-ring (bicyclic) bond motifs is 17. The number of halogens is 2. The number of pyridine rings is 1. The van der Waals surface area contributed by atoms with Gasteiger partial charge in [0, 0.05) is 90.7 Å². The van der Waals surface area contributed by atoms with Gasteiger partial charge in [-0.05, 0) is 121 Å². The second-order valence-corrected chi connectivity index (χ2v) is 28.1. The molecule has 18 rings (SSSR count). The van der Waals surface area contributed by atoms with E-state index in [4.69, 9.17) is 0 Å². The Hall–Kier alpha value is -8.51. The predicted octanol–water partition coefficient (Wildman–Crippen LogP) is 25.0. The number of hydrogen-bond donors (Lipinski definition) is 0. The molecule has 0 saturated heterocycles. The summed E-state index contributed by atoms with van der Waals surface area (Å²) in [6.07, 6.45) is 16.2. The van der Waals surface area contributed by atoms with Crippen LogP contribution in [0, 0.1) is 11.6 Å². The minimum absolute atomic E-state index is 0.300. The number of anilines is 6. The Labute approximate surface area is 517 Å². The van der Waals surface area contributed by atoms with E-state index in [9.17, 15) is 0 Å². The van der Waals surface area contributed by atoms with Crippen LogP contribution in [-0.4, -0.2) is 9.55 Å². The lowest BCUT2D eigenvalue weighted by molar-refractivity contribution is 0.446. The lowest BCUT2D eigenvalue weighted by Crippen LogP contribution is -2.12. The van der Waals surface area contributed by atoms with Gasteiger partial charge in [-0.15, -0.1) is 45.3 Å². The van der Waals surface area contributed by atoms with Crippen LogP contribution in [0.5, 0.6) is 0 Å². The van der Waals surface area contributed by atoms with Crippen LogP contribution in [0.2, 0.25) is 0 Å². The molecule has 2 saturated carbocycles. The quantitative estimate of drug-likeness (QED) is 0.144. The van der Waals surface area contributed by atoms with Crippen molar-refractivity contribution in [3.05, 3.63) is 229 Å². The lowest BCUT2D eigenvalue weighted by Gasteiger charge is -2.27. The van der Waals surface area contributed by atoms with E-state index in [0.717, 1.165) is 100.0 Å². The maximum atomic E-state index is 17.5. The Bertz CT molecular complexity index is 5130. The third-order valence-electron chi connectivity index (χ3n) is 19.2. The maximum Gasteiger partial charge on any atom is 0.147 e. The largest absolute Gasteiger partial charge is 0.309 e. The molecule has 0 unspecified atom stereocenters. The smallest absolute Gasteiger partial charge is 0.147 e. The van der Waals surface area contributed by atoms with E-state index in [1.807, 2.05) is 59.3 Å². The van der Waals surface area contributed by atoms with E-state index < -0.39 is 0 Å². The maximum absolute atomic E-state index is 17.5. The molecule has 2 aliphatic carbocycles. The monoisotopic (exact) mass is 1200 g/mol. The standard InChI is InChI=1S/C77H56F2N4S4/c78-56-31-9-11-33-58(56)82(60-35-17-29-52-50-27-15-25-48(72(50)86-74(52)60)45-19-3-1-4-20-45)64-43-62-70(68-54-23-7-13-37-66(54)84-76(64)68)71-63(81(62)47-39-41-80-42-40-47)44-65(77-69(71)55-24-8-14-38-67(55)85-77)83(59-34-12-10-32-57(59)79)61-36-18-30-53-51-28-16-26-49(73(51)87-75(53)61)46-21-5-2-6-22-46/h7-18,23-46H,1-6,19-22H2. The molecule has 0 atom stereocenters. The van der Waals surface area contributed by atoms with Gasteiger partial charge in [-0.25, -0.2) is 8.78 Å². The molecule has 10 heteroatoms. The molecule has 87 heavy (non-hydrogen) atoms. The third kappa shape index (κ3) is 7.96. The number of aromatic nitrogens is 2. The van der Waals surface area contributed by atoms with Gasteiger partial charge < -0.3 is 14.4 Å². The molecule has 2 aliphatic rings. The zero-order valence-electron chi connectivity index (χ0n) is 47.5. The summed E-state index contributed by atoms with van der Waals surface area (Å²) in [7, 11) is 0. The number of rotatable bonds is 9. The number of thiophene rings is 4. The Morgan fingerprint density at radius 2 is 0.736 bits per heavy atom. The summed E-state index contributed by atoms with van der Waals surface area (Å²) in [6.45, 7) is 0. The predicted molar refractivity (Wildman–Crippen MR) is 371 cm³/mol. The van der Waals surface area contributed by atoms with Gasteiger partial charge in [0.15, 0.2) is 0 Å². The van der Waals surface area contributed by atoms with E-state index in [2.05, 4.69) is 165 Å². The number of para-hydroxylation sites is 2. The van der Waals surface area contributed by atoms with Crippen LogP contribution in [-0.2, 0) is 0 Å². The third-order valence-corrected chi connectivity index (χ3v) is 24.1. The molecule has 0 amide bonds. The van der Waals surface area contributed by atoms with Crippen molar-refractivity contribution in [3.63, 3.8) is 0 Å². The van der Waals surface area contributed by atoms with Crippen molar-refractivity contribution in [2.75, 3.05) is 9.80 Å². The Balaban J connectivity index is 0.985. The normalized spacial score (nSPS) is 14.7. The van der Waals surface area contributed by atoms with E-state index in [-0.39, 0.29) is 11.6 Å². The molecule has 2 fully saturated rings. The van der Waals surface area contributed by atoms with Crippen molar-refractivity contribution in [2.24, 2.45) is 0 Å². The van der Waals surface area contributed by atoms with Crippen LogP contribution in [0.4, 0.5) is 42.9 Å². The van der Waals surface area contributed by atoms with Crippen molar-refractivity contribution in [1.82, 2.24) is 9.55 Å². The minimum Gasteiger partial charge on any atom is -0.309 e. The van der Waals surface area contributed by atoms with Gasteiger partial charge >= 0.3 is 0 Å². The van der Waals surface area contributed by atoms with Crippen molar-refractivity contribution in [3.8, 4) is 5.69 Å². The summed E-state index contributed by atoms with van der Waals surface area (Å²) in [4.78, 5) is 9.06. The summed E-state index contributed by atoms with van der Waals surface area (Å²) < 4.78 is 46.7. The van der Waals surface area contributed by atoms with Crippen molar-refractivity contribution < 1.29 is 8.78 Å². The molecular formula is C77H56F2N4S4. The minimum atomic E-state index is -0.300. The first-order valence-electron chi connectivity index (χ1n) is 30.7. The number of nitrogens with zero attached hydrogens (tertiary/aromatic N) is 4. The van der Waals surface area contributed by atoms with Crippen LogP contribution in [0.25, 0.3) is 108 Å². The fraction of sp³-hybridized carbons (Fsp3) is 0.156. The fourth-order valence-electron chi connectivity index (χ4n) is 15.4. The first-order valence-corrected chi connectivity index (χ1v) is 34.0. The molecule has 16 aromatic rings. The highest BCUT2D eigenvalue weighted by molar-refractivity contribution is 7.28. The van der Waals surface area contributed by atoms with E-state index in [1.54, 1.807) is 46.9 Å². The van der Waals surface area contributed by atoms with Crippen LogP contribution in [0.15, 0.2) is 207 Å². The zero-order chi connectivity index (χ0) is 57.4. The molecular weight excluding hydrogens is 1150 g/mol. The first kappa shape index (κ1) is 51.7. The van der Waals surface area contributed by atoms with E-state index in [1.165, 1.54) is 106 Å². The summed E-state index contributed by atoms with van der Waals surface area (Å²) >= 11 is 7.27. The fourth-order valence-corrected chi connectivity index (χ4v) is 20.6. The topological polar surface area (TPSA) is 24.3 Å². The van der Waals surface area contributed by atoms with Crippen LogP contribution < -0.4 is 9.80 Å². The Morgan fingerprint density at radius 3 is 1.20 bits per heavy atom. The first-order chi connectivity index (χ1) is 43.0. The molecule has 10 aromatic carbocycles. The summed E-state index contributed by atoms with van der Waals surface area (Å²) in [5.74, 6) is 0.441. The molecule has 0 bridgehead atoms. The van der Waals surface area contributed by atoms with Gasteiger partial charge in [-0.2, -0.15) is 0 Å². The van der Waals surface area contributed by atoms with Crippen molar-refractivity contribution in [2.45, 2.75) is 76.0 Å². The lowest BCUT2D eigenvalue weighted by atomic mass is 9.84. The van der Waals surface area contributed by atoms with Gasteiger partial charge in [0.1, 0.15) is 11.6 Å². The van der Waals surface area contributed by atoms with E-state index in [0.29, 0.717) is 23.2 Å². The molecule has 0 spiro atoms. The summed E-state index contributed by atoms with van der Waals surface area (Å²) in [5, 5.41) is 11.6. The van der Waals surface area contributed by atoms with Gasteiger partial charge in [-0.1, -0.05) is 160 Å². The number of hydrogen-bond acceptors (Lipinski definition) is 7. The number of benzene rings is 10. The van der Waals surface area contributed by atoms with Crippen LogP contribution in [0.1, 0.15) is 87.2 Å². The molecule has 4 nitrogen and oxygen atoms in total. The molecule has 0 N–H and O–H groups in total. The average Bonchev–Trinajstić information content (AvgIpc) is 1.58. The SMILES string of the molecule is Fc1ccccc1N(c1cccc2c1sc1c(C3CCCCC3)cccc12)c1cc2c(c3c1sc1ccccc13)c1c3c(sc4ccccc43)c(N(c3ccccc3F)c3cccc4c3sc3c(C5CCCCC5)cccc34)cc1n2-c1ccncc1. The molecule has 6 heterocycles. The van der Waals surface area contributed by atoms with Gasteiger partial charge in [-0.3, -0.25) is 4.98 Å². The molecule has 6 aromatic heterocycles. The highest BCUT2D eigenvalue weighted by atomic mass is 32.1. The van der Waals surface area contributed by atoms with E-state index >= 15 is 8.78 Å². The Kier molecular flexibility index (Phi) is 12.2. The van der Waals surface area contributed by atoms with Gasteiger partial charge in [0.05, 0.1) is 64.0 Å². The zero-order valence-corrected chi connectivity index (χ0v) is 50.8. The summed E-state index contributed by atoms with van der Waals surface area (Å²) in [6, 6.07) is 68.1. The second kappa shape index (κ2) is 20.6.